The highest BCUT2D eigenvalue weighted by molar-refractivity contribution is 5.76. The van der Waals surface area contributed by atoms with Crippen LogP contribution in [0.4, 0.5) is 4.39 Å². The van der Waals surface area contributed by atoms with Crippen molar-refractivity contribution < 1.29 is 9.18 Å². The van der Waals surface area contributed by atoms with Crippen molar-refractivity contribution in [2.24, 2.45) is 0 Å². The third-order valence-electron chi connectivity index (χ3n) is 2.55. The number of nitrogens with zero attached hydrogens (tertiary/aromatic N) is 2. The molecule has 0 atom stereocenters. The van der Waals surface area contributed by atoms with Gasteiger partial charge in [0.1, 0.15) is 5.82 Å². The molecule has 0 aliphatic rings. The Hall–Kier alpha value is -1.89. The summed E-state index contributed by atoms with van der Waals surface area (Å²) in [6.45, 7) is 0.463. The second kappa shape index (κ2) is 6.64. The molecule has 0 radical (unpaired) electrons. The average molecular weight is 234 g/mol. The number of hydrogen-bond donors (Lipinski definition) is 0. The highest BCUT2D eigenvalue weighted by atomic mass is 19.1. The normalized spacial score (nSPS) is 9.71. The molecule has 0 saturated carbocycles. The zero-order valence-electron chi connectivity index (χ0n) is 9.82. The van der Waals surface area contributed by atoms with Gasteiger partial charge in [-0.05, 0) is 18.1 Å². The molecule has 0 spiro atoms. The molecule has 1 rings (SSSR count). The summed E-state index contributed by atoms with van der Waals surface area (Å²) >= 11 is 0. The Balaban J connectivity index is 2.43. The average Bonchev–Trinajstić information content (AvgIpc) is 2.34. The van der Waals surface area contributed by atoms with Gasteiger partial charge in [-0.1, -0.05) is 18.2 Å². The quantitative estimate of drug-likeness (QED) is 0.783. The number of rotatable bonds is 5. The second-order valence-electron chi connectivity index (χ2n) is 3.81. The molecule has 0 bridgehead atoms. The number of carbonyl (C=O) groups is 1. The molecule has 1 aromatic rings. The summed E-state index contributed by atoms with van der Waals surface area (Å²) in [6, 6.07) is 8.46. The van der Waals surface area contributed by atoms with Gasteiger partial charge < -0.3 is 4.90 Å². The van der Waals surface area contributed by atoms with Crippen LogP contribution in [0.25, 0.3) is 0 Å². The lowest BCUT2D eigenvalue weighted by Crippen LogP contribution is -2.28. The molecule has 0 aromatic heterocycles. The van der Waals surface area contributed by atoms with Gasteiger partial charge in [-0.25, -0.2) is 4.39 Å². The van der Waals surface area contributed by atoms with Gasteiger partial charge in [0.05, 0.1) is 6.07 Å². The van der Waals surface area contributed by atoms with E-state index in [0.29, 0.717) is 18.5 Å². The van der Waals surface area contributed by atoms with Crippen molar-refractivity contribution in [1.29, 1.82) is 5.26 Å². The maximum atomic E-state index is 13.3. The third kappa shape index (κ3) is 4.23. The van der Waals surface area contributed by atoms with E-state index >= 15 is 0 Å². The molecule has 1 amide bonds. The van der Waals surface area contributed by atoms with Crippen LogP contribution in [0.15, 0.2) is 24.3 Å². The lowest BCUT2D eigenvalue weighted by atomic mass is 10.1. The molecule has 4 heteroatoms. The first kappa shape index (κ1) is 13.2. The Morgan fingerprint density at radius 2 is 2.18 bits per heavy atom. The Morgan fingerprint density at radius 1 is 1.47 bits per heavy atom. The van der Waals surface area contributed by atoms with Crippen LogP contribution in [0.3, 0.4) is 0 Å². The predicted molar refractivity (Wildman–Crippen MR) is 62.6 cm³/mol. The topological polar surface area (TPSA) is 44.1 Å². The first-order valence-electron chi connectivity index (χ1n) is 5.49. The van der Waals surface area contributed by atoms with Gasteiger partial charge in [-0.2, -0.15) is 5.26 Å². The summed E-state index contributed by atoms with van der Waals surface area (Å²) in [6.07, 6.45) is 0.939. The molecule has 17 heavy (non-hydrogen) atoms. The minimum atomic E-state index is -0.245. The first-order chi connectivity index (χ1) is 8.15. The molecular formula is C13H15FN2O. The molecule has 90 valence electrons. The molecule has 0 heterocycles. The summed E-state index contributed by atoms with van der Waals surface area (Å²) in [5, 5.41) is 8.37. The molecule has 0 fully saturated rings. The maximum absolute atomic E-state index is 13.3. The Morgan fingerprint density at radius 3 is 2.82 bits per heavy atom. The number of benzene rings is 1. The van der Waals surface area contributed by atoms with E-state index in [9.17, 15) is 9.18 Å². The molecule has 0 aliphatic heterocycles. The molecule has 1 aromatic carbocycles. The Labute approximate surface area is 100 Å². The van der Waals surface area contributed by atoms with Gasteiger partial charge in [0.15, 0.2) is 0 Å². The Bertz CT molecular complexity index is 426. The summed E-state index contributed by atoms with van der Waals surface area (Å²) < 4.78 is 13.3. The van der Waals surface area contributed by atoms with Crippen LogP contribution >= 0.6 is 0 Å². The number of likely N-dealkylation sites (N-methyl/N-ethyl adjacent to an activating group) is 1. The lowest BCUT2D eigenvalue weighted by Gasteiger charge is -2.16. The van der Waals surface area contributed by atoms with E-state index in [1.165, 1.54) is 11.0 Å². The van der Waals surface area contributed by atoms with Crippen molar-refractivity contribution in [2.75, 3.05) is 13.6 Å². The first-order valence-corrected chi connectivity index (χ1v) is 5.49. The van der Waals surface area contributed by atoms with E-state index in [-0.39, 0.29) is 24.6 Å². The number of carbonyl (C=O) groups excluding carboxylic acids is 1. The largest absolute Gasteiger partial charge is 0.345 e. The van der Waals surface area contributed by atoms with E-state index in [1.54, 1.807) is 25.2 Å². The maximum Gasteiger partial charge on any atom is 0.223 e. The van der Waals surface area contributed by atoms with Crippen LogP contribution in [-0.2, 0) is 11.2 Å². The molecular weight excluding hydrogens is 219 g/mol. The van der Waals surface area contributed by atoms with Crippen molar-refractivity contribution >= 4 is 5.91 Å². The van der Waals surface area contributed by atoms with E-state index < -0.39 is 0 Å². The van der Waals surface area contributed by atoms with Crippen LogP contribution in [-0.4, -0.2) is 24.4 Å². The smallest absolute Gasteiger partial charge is 0.223 e. The Kier molecular flexibility index (Phi) is 5.15. The molecule has 0 N–H and O–H groups in total. The fraction of sp³-hybridized carbons (Fsp3) is 0.385. The van der Waals surface area contributed by atoms with Gasteiger partial charge >= 0.3 is 0 Å². The van der Waals surface area contributed by atoms with E-state index in [2.05, 4.69) is 0 Å². The number of hydrogen-bond acceptors (Lipinski definition) is 2. The lowest BCUT2D eigenvalue weighted by molar-refractivity contribution is -0.129. The second-order valence-corrected chi connectivity index (χ2v) is 3.81. The number of halogens is 1. The van der Waals surface area contributed by atoms with Crippen LogP contribution in [0.1, 0.15) is 18.4 Å². The number of nitriles is 1. The van der Waals surface area contributed by atoms with Gasteiger partial charge in [-0.15, -0.1) is 0 Å². The SMILES string of the molecule is CN(CCc1ccccc1F)C(=O)CCC#N. The molecule has 3 nitrogen and oxygen atoms in total. The molecule has 0 unspecified atom stereocenters. The fourth-order valence-electron chi connectivity index (χ4n) is 1.47. The van der Waals surface area contributed by atoms with Crippen LogP contribution in [0.5, 0.6) is 0 Å². The zero-order valence-corrected chi connectivity index (χ0v) is 9.82. The van der Waals surface area contributed by atoms with Crippen molar-refractivity contribution in [3.63, 3.8) is 0 Å². The summed E-state index contributed by atoms with van der Waals surface area (Å²) in [5.74, 6) is -0.326. The van der Waals surface area contributed by atoms with Gasteiger partial charge in [0, 0.05) is 26.4 Å². The van der Waals surface area contributed by atoms with Gasteiger partial charge in [0.2, 0.25) is 5.91 Å². The predicted octanol–water partition coefficient (Wildman–Crippen LogP) is 2.13. The summed E-state index contributed by atoms with van der Waals surface area (Å²) in [7, 11) is 1.67. The van der Waals surface area contributed by atoms with Crippen molar-refractivity contribution in [2.45, 2.75) is 19.3 Å². The van der Waals surface area contributed by atoms with Crippen LogP contribution in [0.2, 0.25) is 0 Å². The van der Waals surface area contributed by atoms with E-state index in [4.69, 9.17) is 5.26 Å². The zero-order chi connectivity index (χ0) is 12.7. The molecule has 0 saturated heterocycles. The highest BCUT2D eigenvalue weighted by Gasteiger charge is 2.09. The van der Waals surface area contributed by atoms with Gasteiger partial charge in [-0.3, -0.25) is 4.79 Å². The monoisotopic (exact) mass is 234 g/mol. The molecule has 0 aliphatic carbocycles. The highest BCUT2D eigenvalue weighted by Crippen LogP contribution is 2.07. The summed E-state index contributed by atoms with van der Waals surface area (Å²) in [4.78, 5) is 13.0. The minimum Gasteiger partial charge on any atom is -0.345 e. The van der Waals surface area contributed by atoms with E-state index in [0.717, 1.165) is 0 Å². The third-order valence-corrected chi connectivity index (χ3v) is 2.55. The van der Waals surface area contributed by atoms with E-state index in [1.807, 2.05) is 6.07 Å². The fourth-order valence-corrected chi connectivity index (χ4v) is 1.47. The van der Waals surface area contributed by atoms with Crippen molar-refractivity contribution in [3.05, 3.63) is 35.6 Å². The number of amides is 1. The minimum absolute atomic E-state index is 0.0807. The van der Waals surface area contributed by atoms with Gasteiger partial charge in [0.25, 0.3) is 0 Å². The van der Waals surface area contributed by atoms with Crippen molar-refractivity contribution in [1.82, 2.24) is 4.90 Å². The standard InChI is InChI=1S/C13H15FN2O/c1-16(13(17)7-4-9-15)10-8-11-5-2-3-6-12(11)14/h2-3,5-6H,4,7-8,10H2,1H3. The van der Waals surface area contributed by atoms with Crippen LogP contribution < -0.4 is 0 Å². The van der Waals surface area contributed by atoms with Crippen molar-refractivity contribution in [3.8, 4) is 6.07 Å². The summed E-state index contributed by atoms with van der Waals surface area (Å²) in [5.41, 5.74) is 0.604. The van der Waals surface area contributed by atoms with Crippen LogP contribution in [0, 0.1) is 17.1 Å².